The Labute approximate surface area is 154 Å². The molecule has 0 saturated carbocycles. The fourth-order valence-electron chi connectivity index (χ4n) is 4.22. The van der Waals surface area contributed by atoms with Crippen LogP contribution in [0.25, 0.3) is 11.1 Å². The highest BCUT2D eigenvalue weighted by Gasteiger charge is 2.40. The van der Waals surface area contributed by atoms with Gasteiger partial charge in [0.05, 0.1) is 6.04 Å². The van der Waals surface area contributed by atoms with Gasteiger partial charge >= 0.3 is 6.09 Å². The van der Waals surface area contributed by atoms with Crippen LogP contribution in [0.3, 0.4) is 0 Å². The number of hydrogen-bond donors (Lipinski definition) is 1. The van der Waals surface area contributed by atoms with Gasteiger partial charge in [-0.15, -0.1) is 0 Å². The Hall–Kier alpha value is -2.54. The minimum absolute atomic E-state index is 0.0647. The molecule has 1 amide bonds. The lowest BCUT2D eigenvalue weighted by Gasteiger charge is -2.48. The first-order valence-corrected chi connectivity index (χ1v) is 8.94. The third-order valence-corrected chi connectivity index (χ3v) is 5.65. The van der Waals surface area contributed by atoms with Gasteiger partial charge in [-0.25, -0.2) is 18.0 Å². The summed E-state index contributed by atoms with van der Waals surface area (Å²) in [5.74, 6) is -3.69. The molecular formula is C20H19F3N2O2. The Morgan fingerprint density at radius 1 is 1.00 bits per heavy atom. The van der Waals surface area contributed by atoms with Crippen molar-refractivity contribution in [3.8, 4) is 11.1 Å². The first-order chi connectivity index (χ1) is 13.0. The highest BCUT2D eigenvalue weighted by atomic mass is 19.2. The van der Waals surface area contributed by atoms with Crippen LogP contribution in [0.4, 0.5) is 23.7 Å². The van der Waals surface area contributed by atoms with Crippen LogP contribution >= 0.6 is 0 Å². The average molecular weight is 376 g/mol. The molecule has 2 aromatic rings. The molecule has 0 aromatic heterocycles. The van der Waals surface area contributed by atoms with Crippen molar-refractivity contribution in [3.05, 3.63) is 53.8 Å². The van der Waals surface area contributed by atoms with Gasteiger partial charge in [-0.2, -0.15) is 0 Å². The number of fused-ring (bicyclic) bond motifs is 3. The number of carbonyl (C=O) groups is 1. The molecule has 4 nitrogen and oxygen atoms in total. The van der Waals surface area contributed by atoms with Gasteiger partial charge in [0.2, 0.25) is 0 Å². The van der Waals surface area contributed by atoms with E-state index in [1.54, 1.807) is 12.1 Å². The summed E-state index contributed by atoms with van der Waals surface area (Å²) in [5, 5.41) is 9.76. The summed E-state index contributed by atoms with van der Waals surface area (Å²) in [5.41, 5.74) is 0.785. The molecule has 27 heavy (non-hydrogen) atoms. The molecule has 7 heteroatoms. The first kappa shape index (κ1) is 17.9. The number of halogens is 3. The zero-order valence-corrected chi connectivity index (χ0v) is 14.5. The summed E-state index contributed by atoms with van der Waals surface area (Å²) in [6, 6.07) is 8.16. The molecule has 3 aliphatic heterocycles. The van der Waals surface area contributed by atoms with Crippen LogP contribution in [0, 0.1) is 23.4 Å². The van der Waals surface area contributed by atoms with Crippen LogP contribution in [-0.2, 0) is 0 Å². The number of carboxylic acid groups (broad SMARTS) is 1. The van der Waals surface area contributed by atoms with Crippen molar-refractivity contribution in [3.63, 3.8) is 0 Å². The van der Waals surface area contributed by atoms with Crippen molar-refractivity contribution in [2.45, 2.75) is 18.9 Å². The third kappa shape index (κ3) is 3.16. The predicted octanol–water partition coefficient (Wildman–Crippen LogP) is 4.35. The predicted molar refractivity (Wildman–Crippen MR) is 95.2 cm³/mol. The first-order valence-electron chi connectivity index (χ1n) is 8.94. The van der Waals surface area contributed by atoms with E-state index in [1.807, 2.05) is 0 Å². The fraction of sp³-hybridized carbons (Fsp3) is 0.350. The molecule has 0 spiro atoms. The van der Waals surface area contributed by atoms with Crippen LogP contribution in [-0.4, -0.2) is 41.8 Å². The summed E-state index contributed by atoms with van der Waals surface area (Å²) < 4.78 is 40.6. The normalized spacial score (nSPS) is 24.0. The SMILES string of the molecule is O=C(O)N(c1ccc(-c2ccc(F)c(F)c2F)cc1)[C@H]1CN2CCC1CC2. The molecule has 0 radical (unpaired) electrons. The highest BCUT2D eigenvalue weighted by Crippen LogP contribution is 2.35. The summed E-state index contributed by atoms with van der Waals surface area (Å²) in [7, 11) is 0. The second kappa shape index (κ2) is 6.88. The second-order valence-electron chi connectivity index (χ2n) is 7.13. The molecule has 1 atom stereocenters. The standard InChI is InChI=1S/C20H19F3N2O2/c21-16-6-5-15(18(22)19(16)23)12-1-3-14(4-2-12)25(20(26)27)17-11-24-9-7-13(17)8-10-24/h1-6,13,17H,7-11H2,(H,26,27)/t17-/m0/s1. The Balaban J connectivity index is 1.64. The lowest BCUT2D eigenvalue weighted by molar-refractivity contribution is 0.0837. The number of nitrogens with zero attached hydrogens (tertiary/aromatic N) is 2. The van der Waals surface area contributed by atoms with E-state index >= 15 is 0 Å². The summed E-state index contributed by atoms with van der Waals surface area (Å²) in [6.45, 7) is 2.71. The Morgan fingerprint density at radius 3 is 2.22 bits per heavy atom. The largest absolute Gasteiger partial charge is 0.465 e. The maximum absolute atomic E-state index is 14.0. The topological polar surface area (TPSA) is 43.8 Å². The lowest BCUT2D eigenvalue weighted by Crippen LogP contribution is -2.58. The Kier molecular flexibility index (Phi) is 4.55. The van der Waals surface area contributed by atoms with Gasteiger partial charge in [0.1, 0.15) is 0 Å². The van der Waals surface area contributed by atoms with Gasteiger partial charge in [-0.1, -0.05) is 12.1 Å². The van der Waals surface area contributed by atoms with Crippen LogP contribution < -0.4 is 4.90 Å². The molecule has 3 heterocycles. The number of amides is 1. The van der Waals surface area contributed by atoms with Crippen molar-refractivity contribution >= 4 is 11.8 Å². The number of piperidine rings is 3. The molecule has 0 unspecified atom stereocenters. The molecule has 2 aromatic carbocycles. The minimum atomic E-state index is -1.52. The number of hydrogen-bond acceptors (Lipinski definition) is 2. The van der Waals surface area contributed by atoms with E-state index in [9.17, 15) is 23.1 Å². The van der Waals surface area contributed by atoms with Crippen LogP contribution in [0.5, 0.6) is 0 Å². The monoisotopic (exact) mass is 376 g/mol. The zero-order valence-electron chi connectivity index (χ0n) is 14.5. The van der Waals surface area contributed by atoms with Gasteiger partial charge in [0.25, 0.3) is 0 Å². The molecule has 142 valence electrons. The van der Waals surface area contributed by atoms with Gasteiger partial charge < -0.3 is 10.0 Å². The van der Waals surface area contributed by atoms with Crippen molar-refractivity contribution in [2.24, 2.45) is 5.92 Å². The van der Waals surface area contributed by atoms with E-state index in [0.29, 0.717) is 23.7 Å². The van der Waals surface area contributed by atoms with E-state index < -0.39 is 23.5 Å². The molecule has 3 saturated heterocycles. The Morgan fingerprint density at radius 2 is 1.67 bits per heavy atom. The maximum atomic E-state index is 14.0. The number of anilines is 1. The fourth-order valence-corrected chi connectivity index (χ4v) is 4.22. The highest BCUT2D eigenvalue weighted by molar-refractivity contribution is 5.87. The second-order valence-corrected chi connectivity index (χ2v) is 7.13. The quantitative estimate of drug-likeness (QED) is 0.810. The summed E-state index contributed by atoms with van der Waals surface area (Å²) in [6.07, 6.45) is 0.930. The Bertz CT molecular complexity index is 864. The van der Waals surface area contributed by atoms with Gasteiger partial charge in [-0.05, 0) is 61.7 Å². The van der Waals surface area contributed by atoms with Crippen LogP contribution in [0.2, 0.25) is 0 Å². The zero-order chi connectivity index (χ0) is 19.1. The van der Waals surface area contributed by atoms with Crippen molar-refractivity contribution in [2.75, 3.05) is 24.5 Å². The van der Waals surface area contributed by atoms with Gasteiger partial charge in [-0.3, -0.25) is 4.90 Å². The number of rotatable bonds is 3. The van der Waals surface area contributed by atoms with E-state index in [0.717, 1.165) is 32.0 Å². The smallest absolute Gasteiger partial charge is 0.412 e. The molecular weight excluding hydrogens is 357 g/mol. The van der Waals surface area contributed by atoms with E-state index in [-0.39, 0.29) is 11.6 Å². The van der Waals surface area contributed by atoms with E-state index in [2.05, 4.69) is 4.90 Å². The van der Waals surface area contributed by atoms with Crippen molar-refractivity contribution in [1.29, 1.82) is 0 Å². The summed E-state index contributed by atoms with van der Waals surface area (Å²) in [4.78, 5) is 15.6. The lowest BCUT2D eigenvalue weighted by atomic mass is 9.83. The van der Waals surface area contributed by atoms with E-state index in [1.165, 1.54) is 23.1 Å². The third-order valence-electron chi connectivity index (χ3n) is 5.65. The van der Waals surface area contributed by atoms with E-state index in [4.69, 9.17) is 0 Å². The molecule has 3 fully saturated rings. The van der Waals surface area contributed by atoms with Crippen molar-refractivity contribution in [1.82, 2.24) is 4.90 Å². The summed E-state index contributed by atoms with van der Waals surface area (Å²) >= 11 is 0. The van der Waals surface area contributed by atoms with Crippen LogP contribution in [0.15, 0.2) is 36.4 Å². The average Bonchev–Trinajstić information content (AvgIpc) is 2.68. The van der Waals surface area contributed by atoms with Crippen LogP contribution in [0.1, 0.15) is 12.8 Å². The molecule has 0 aliphatic carbocycles. The molecule has 5 rings (SSSR count). The maximum Gasteiger partial charge on any atom is 0.412 e. The number of benzene rings is 2. The van der Waals surface area contributed by atoms with Gasteiger partial charge in [0, 0.05) is 17.8 Å². The van der Waals surface area contributed by atoms with Gasteiger partial charge in [0.15, 0.2) is 17.5 Å². The molecule has 2 bridgehead atoms. The minimum Gasteiger partial charge on any atom is -0.465 e. The molecule has 3 aliphatic rings. The molecule has 1 N–H and O–H groups in total. The van der Waals surface area contributed by atoms with Crippen molar-refractivity contribution < 1.29 is 23.1 Å².